The summed E-state index contributed by atoms with van der Waals surface area (Å²) >= 11 is 18.1. The Morgan fingerprint density at radius 2 is 1.72 bits per heavy atom. The SMILES string of the molecule is Nc1ccc(=O)n(Cc2c(Cl)ccc(Cl)c2Cl)c1. The Morgan fingerprint density at radius 3 is 2.44 bits per heavy atom. The molecule has 1 aromatic heterocycles. The minimum atomic E-state index is -0.184. The molecule has 0 radical (unpaired) electrons. The first-order valence-corrected chi connectivity index (χ1v) is 6.21. The number of hydrogen-bond donors (Lipinski definition) is 1. The first-order chi connectivity index (χ1) is 8.49. The van der Waals surface area contributed by atoms with Crippen molar-refractivity contribution in [2.75, 3.05) is 5.73 Å². The Kier molecular flexibility index (Phi) is 3.85. The molecule has 0 aliphatic carbocycles. The van der Waals surface area contributed by atoms with E-state index in [4.69, 9.17) is 40.5 Å². The Labute approximate surface area is 119 Å². The molecule has 3 nitrogen and oxygen atoms in total. The van der Waals surface area contributed by atoms with Crippen LogP contribution < -0.4 is 11.3 Å². The van der Waals surface area contributed by atoms with Crippen LogP contribution in [0.3, 0.4) is 0 Å². The fourth-order valence-electron chi connectivity index (χ4n) is 1.56. The van der Waals surface area contributed by atoms with Crippen LogP contribution in [0.1, 0.15) is 5.56 Å². The minimum Gasteiger partial charge on any atom is -0.398 e. The van der Waals surface area contributed by atoms with Gasteiger partial charge in [-0.25, -0.2) is 0 Å². The highest BCUT2D eigenvalue weighted by Crippen LogP contribution is 2.31. The van der Waals surface area contributed by atoms with Crippen LogP contribution in [0.25, 0.3) is 0 Å². The van der Waals surface area contributed by atoms with Crippen molar-refractivity contribution in [1.82, 2.24) is 4.57 Å². The van der Waals surface area contributed by atoms with Crippen LogP contribution >= 0.6 is 34.8 Å². The van der Waals surface area contributed by atoms with Crippen LogP contribution in [0.4, 0.5) is 5.69 Å². The first-order valence-electron chi connectivity index (χ1n) is 5.07. The first kappa shape index (κ1) is 13.3. The van der Waals surface area contributed by atoms with Crippen molar-refractivity contribution in [3.05, 3.63) is 61.4 Å². The molecule has 18 heavy (non-hydrogen) atoms. The van der Waals surface area contributed by atoms with Gasteiger partial charge in [0.05, 0.1) is 16.6 Å². The summed E-state index contributed by atoms with van der Waals surface area (Å²) < 4.78 is 1.43. The van der Waals surface area contributed by atoms with Crippen LogP contribution in [-0.2, 0) is 6.54 Å². The van der Waals surface area contributed by atoms with E-state index in [1.165, 1.54) is 16.8 Å². The van der Waals surface area contributed by atoms with Gasteiger partial charge < -0.3 is 10.3 Å². The topological polar surface area (TPSA) is 48.0 Å². The maximum absolute atomic E-state index is 11.7. The van der Waals surface area contributed by atoms with Crippen LogP contribution in [-0.4, -0.2) is 4.57 Å². The molecule has 94 valence electrons. The third-order valence-corrected chi connectivity index (χ3v) is 3.67. The Bertz CT molecular complexity index is 652. The predicted octanol–water partition coefficient (Wildman–Crippen LogP) is 3.44. The maximum Gasteiger partial charge on any atom is 0.250 e. The lowest BCUT2D eigenvalue weighted by Crippen LogP contribution is -2.19. The zero-order chi connectivity index (χ0) is 13.3. The fraction of sp³-hybridized carbons (Fsp3) is 0.0833. The standard InChI is InChI=1S/C12H9Cl3N2O/c13-9-2-3-10(14)12(15)8(9)6-17-5-7(16)1-4-11(17)18/h1-5H,6,16H2. The maximum atomic E-state index is 11.7. The second kappa shape index (κ2) is 5.22. The Balaban J connectivity index is 2.49. The lowest BCUT2D eigenvalue weighted by atomic mass is 10.2. The third-order valence-electron chi connectivity index (χ3n) is 2.47. The summed E-state index contributed by atoms with van der Waals surface area (Å²) in [5.74, 6) is 0. The van der Waals surface area contributed by atoms with E-state index < -0.39 is 0 Å². The number of anilines is 1. The lowest BCUT2D eigenvalue weighted by Gasteiger charge is -2.11. The summed E-state index contributed by atoms with van der Waals surface area (Å²) in [4.78, 5) is 11.7. The normalized spacial score (nSPS) is 10.6. The molecule has 0 saturated heterocycles. The van der Waals surface area contributed by atoms with Gasteiger partial charge in [-0.3, -0.25) is 4.79 Å². The molecule has 1 aromatic carbocycles. The minimum absolute atomic E-state index is 0.184. The molecular weight excluding hydrogens is 295 g/mol. The second-order valence-electron chi connectivity index (χ2n) is 3.75. The van der Waals surface area contributed by atoms with Gasteiger partial charge in [0.1, 0.15) is 0 Å². The zero-order valence-electron chi connectivity index (χ0n) is 9.16. The summed E-state index contributed by atoms with van der Waals surface area (Å²) in [5, 5.41) is 1.20. The summed E-state index contributed by atoms with van der Waals surface area (Å²) in [7, 11) is 0. The van der Waals surface area contributed by atoms with Gasteiger partial charge in [-0.1, -0.05) is 34.8 Å². The molecule has 0 spiro atoms. The molecule has 0 bridgehead atoms. The number of hydrogen-bond acceptors (Lipinski definition) is 2. The van der Waals surface area contributed by atoms with Crippen molar-refractivity contribution >= 4 is 40.5 Å². The number of pyridine rings is 1. The van der Waals surface area contributed by atoms with Crippen molar-refractivity contribution < 1.29 is 0 Å². The van der Waals surface area contributed by atoms with Crippen LogP contribution in [0.15, 0.2) is 35.3 Å². The van der Waals surface area contributed by atoms with Gasteiger partial charge in [0.2, 0.25) is 0 Å². The van der Waals surface area contributed by atoms with Crippen molar-refractivity contribution in [3.63, 3.8) is 0 Å². The third kappa shape index (κ3) is 2.64. The molecule has 0 unspecified atom stereocenters. The predicted molar refractivity (Wildman–Crippen MR) is 75.7 cm³/mol. The van der Waals surface area contributed by atoms with Crippen molar-refractivity contribution in [1.29, 1.82) is 0 Å². The molecule has 0 fully saturated rings. The van der Waals surface area contributed by atoms with Gasteiger partial charge in [0.15, 0.2) is 0 Å². The fourth-order valence-corrected chi connectivity index (χ4v) is 2.22. The summed E-state index contributed by atoms with van der Waals surface area (Å²) in [6.45, 7) is 0.224. The molecular formula is C12H9Cl3N2O. The summed E-state index contributed by atoms with van der Waals surface area (Å²) in [5.41, 5.74) is 6.54. The Morgan fingerprint density at radius 1 is 1.06 bits per heavy atom. The van der Waals surface area contributed by atoms with Crippen LogP contribution in [0.2, 0.25) is 15.1 Å². The van der Waals surface area contributed by atoms with Gasteiger partial charge in [-0.2, -0.15) is 0 Å². The molecule has 0 atom stereocenters. The molecule has 2 rings (SSSR count). The number of nitrogens with two attached hydrogens (primary N) is 1. The highest BCUT2D eigenvalue weighted by Gasteiger charge is 2.10. The molecule has 0 aliphatic heterocycles. The van der Waals surface area contributed by atoms with E-state index in [2.05, 4.69) is 0 Å². The molecule has 2 N–H and O–H groups in total. The van der Waals surface area contributed by atoms with Crippen molar-refractivity contribution in [2.24, 2.45) is 0 Å². The van der Waals surface area contributed by atoms with E-state index in [1.807, 2.05) is 0 Å². The monoisotopic (exact) mass is 302 g/mol. The van der Waals surface area contributed by atoms with Crippen LogP contribution in [0.5, 0.6) is 0 Å². The molecule has 2 aromatic rings. The largest absolute Gasteiger partial charge is 0.398 e. The van der Waals surface area contributed by atoms with E-state index >= 15 is 0 Å². The average molecular weight is 304 g/mol. The number of benzene rings is 1. The number of halogens is 3. The quantitative estimate of drug-likeness (QED) is 0.864. The molecule has 0 saturated carbocycles. The van der Waals surface area contributed by atoms with E-state index in [0.29, 0.717) is 26.3 Å². The Hall–Kier alpha value is -1.16. The molecule has 6 heteroatoms. The number of nitrogen functional groups attached to an aromatic ring is 1. The van der Waals surface area contributed by atoms with E-state index in [1.54, 1.807) is 18.2 Å². The van der Waals surface area contributed by atoms with Gasteiger partial charge in [0, 0.05) is 28.5 Å². The van der Waals surface area contributed by atoms with Gasteiger partial charge >= 0.3 is 0 Å². The zero-order valence-corrected chi connectivity index (χ0v) is 11.4. The number of rotatable bonds is 2. The van der Waals surface area contributed by atoms with Crippen LogP contribution in [0, 0.1) is 0 Å². The van der Waals surface area contributed by atoms with Gasteiger partial charge in [-0.15, -0.1) is 0 Å². The highest BCUT2D eigenvalue weighted by atomic mass is 35.5. The summed E-state index contributed by atoms with van der Waals surface area (Å²) in [6, 6.07) is 6.18. The van der Waals surface area contributed by atoms with E-state index in [9.17, 15) is 4.79 Å². The lowest BCUT2D eigenvalue weighted by molar-refractivity contribution is 0.762. The number of nitrogens with zero attached hydrogens (tertiary/aromatic N) is 1. The average Bonchev–Trinajstić information content (AvgIpc) is 2.34. The smallest absolute Gasteiger partial charge is 0.250 e. The molecule has 1 heterocycles. The van der Waals surface area contributed by atoms with Crippen molar-refractivity contribution in [2.45, 2.75) is 6.54 Å². The van der Waals surface area contributed by atoms with E-state index in [-0.39, 0.29) is 12.1 Å². The highest BCUT2D eigenvalue weighted by molar-refractivity contribution is 6.44. The van der Waals surface area contributed by atoms with E-state index in [0.717, 1.165) is 0 Å². The van der Waals surface area contributed by atoms with Crippen molar-refractivity contribution in [3.8, 4) is 0 Å². The van der Waals surface area contributed by atoms with Gasteiger partial charge in [-0.05, 0) is 18.2 Å². The van der Waals surface area contributed by atoms with Gasteiger partial charge in [0.25, 0.3) is 5.56 Å². The second-order valence-corrected chi connectivity index (χ2v) is 4.94. The summed E-state index contributed by atoms with van der Waals surface area (Å²) in [6.07, 6.45) is 1.54. The molecule has 0 amide bonds. The molecule has 0 aliphatic rings. The number of aromatic nitrogens is 1.